The molecule has 3 rings (SSSR count). The van der Waals surface area contributed by atoms with Crippen molar-refractivity contribution in [3.8, 4) is 0 Å². The number of benzene rings is 2. The molecule has 2 amide bonds. The smallest absolute Gasteiger partial charge is 0.321 e. The number of urea groups is 1. The average molecular weight is 408 g/mol. The summed E-state index contributed by atoms with van der Waals surface area (Å²) in [4.78, 5) is 14.0. The molecule has 1 aliphatic heterocycles. The Hall–Kier alpha value is -2.09. The Balaban J connectivity index is 1.74. The second kappa shape index (κ2) is 8.29. The van der Waals surface area contributed by atoms with E-state index in [1.165, 1.54) is 6.07 Å². The molecule has 8 heteroatoms. The number of anilines is 1. The number of nitrogens with zero attached hydrogens (tertiary/aromatic N) is 1. The van der Waals surface area contributed by atoms with Gasteiger partial charge in [0, 0.05) is 30.3 Å². The van der Waals surface area contributed by atoms with Crippen LogP contribution in [0.5, 0.6) is 0 Å². The maximum Gasteiger partial charge on any atom is 0.321 e. The normalized spacial score (nSPS) is 13.5. The molecule has 0 aliphatic carbocycles. The lowest BCUT2D eigenvalue weighted by atomic mass is 10.2. The van der Waals surface area contributed by atoms with E-state index in [1.807, 2.05) is 13.0 Å². The number of fused-ring (bicyclic) bond motifs is 1. The third-order valence-corrected chi connectivity index (χ3v) is 6.21. The fourth-order valence-electron chi connectivity index (χ4n) is 2.98. The van der Waals surface area contributed by atoms with Crippen molar-refractivity contribution in [2.75, 3.05) is 18.0 Å². The van der Waals surface area contributed by atoms with Crippen LogP contribution in [-0.4, -0.2) is 27.5 Å². The number of carbonyl (C=O) groups is 1. The summed E-state index contributed by atoms with van der Waals surface area (Å²) in [6.45, 7) is 3.26. The molecule has 0 unspecified atom stereocenters. The zero-order valence-corrected chi connectivity index (χ0v) is 16.6. The molecule has 0 saturated carbocycles. The third kappa shape index (κ3) is 4.43. The molecule has 1 aliphatic rings. The quantitative estimate of drug-likeness (QED) is 0.771. The number of nitrogens with one attached hydrogen (secondary N) is 2. The van der Waals surface area contributed by atoms with Crippen molar-refractivity contribution in [3.63, 3.8) is 0 Å². The lowest BCUT2D eigenvalue weighted by Gasteiger charge is -2.18. The number of carbonyl (C=O) groups excluding carboxylic acids is 1. The SMILES string of the molecule is CCCNC(=O)N1CCc2cc(S(=O)(=O)NCc3ccccc3Cl)ccc21. The molecule has 1 heterocycles. The Morgan fingerprint density at radius 3 is 2.74 bits per heavy atom. The van der Waals surface area contributed by atoms with E-state index in [9.17, 15) is 13.2 Å². The zero-order chi connectivity index (χ0) is 19.4. The van der Waals surface area contributed by atoms with Gasteiger partial charge in [-0.25, -0.2) is 17.9 Å². The maximum atomic E-state index is 12.6. The van der Waals surface area contributed by atoms with E-state index in [0.717, 1.165) is 17.7 Å². The molecule has 6 nitrogen and oxygen atoms in total. The van der Waals surface area contributed by atoms with Crippen LogP contribution in [0.1, 0.15) is 24.5 Å². The summed E-state index contributed by atoms with van der Waals surface area (Å²) < 4.78 is 27.8. The van der Waals surface area contributed by atoms with Gasteiger partial charge < -0.3 is 5.32 Å². The summed E-state index contributed by atoms with van der Waals surface area (Å²) in [5.41, 5.74) is 2.32. The monoisotopic (exact) mass is 407 g/mol. The zero-order valence-electron chi connectivity index (χ0n) is 15.0. The van der Waals surface area contributed by atoms with Crippen LogP contribution in [0.3, 0.4) is 0 Å². The summed E-state index contributed by atoms with van der Waals surface area (Å²) in [6, 6.07) is 11.8. The summed E-state index contributed by atoms with van der Waals surface area (Å²) in [5, 5.41) is 3.36. The minimum Gasteiger partial charge on any atom is -0.338 e. The second-order valence-electron chi connectivity index (χ2n) is 6.34. The fraction of sp³-hybridized carbons (Fsp3) is 0.316. The van der Waals surface area contributed by atoms with Gasteiger partial charge in [-0.3, -0.25) is 4.90 Å². The summed E-state index contributed by atoms with van der Waals surface area (Å²) in [5.74, 6) is 0. The Labute approximate surface area is 164 Å². The van der Waals surface area contributed by atoms with Crippen LogP contribution in [-0.2, 0) is 23.0 Å². The number of halogens is 1. The van der Waals surface area contributed by atoms with E-state index in [2.05, 4.69) is 10.0 Å². The number of sulfonamides is 1. The lowest BCUT2D eigenvalue weighted by molar-refractivity contribution is 0.247. The van der Waals surface area contributed by atoms with Crippen LogP contribution in [0.15, 0.2) is 47.4 Å². The second-order valence-corrected chi connectivity index (χ2v) is 8.51. The standard InChI is InChI=1S/C19H22ClN3O3S/c1-2-10-21-19(24)23-11-9-14-12-16(7-8-18(14)23)27(25,26)22-13-15-5-3-4-6-17(15)20/h3-8,12,22H,2,9-11,13H2,1H3,(H,21,24). The highest BCUT2D eigenvalue weighted by atomic mass is 35.5. The topological polar surface area (TPSA) is 78.5 Å². The van der Waals surface area contributed by atoms with Crippen molar-refractivity contribution in [2.45, 2.75) is 31.2 Å². The van der Waals surface area contributed by atoms with Crippen molar-refractivity contribution >= 4 is 33.3 Å². The molecule has 2 aromatic rings. The van der Waals surface area contributed by atoms with Crippen molar-refractivity contribution in [2.24, 2.45) is 0 Å². The van der Waals surface area contributed by atoms with Crippen LogP contribution in [0.4, 0.5) is 10.5 Å². The summed E-state index contributed by atoms with van der Waals surface area (Å²) in [6.07, 6.45) is 1.49. The van der Waals surface area contributed by atoms with Gasteiger partial charge in [-0.2, -0.15) is 0 Å². The third-order valence-electron chi connectivity index (χ3n) is 4.44. The highest BCUT2D eigenvalue weighted by Gasteiger charge is 2.26. The van der Waals surface area contributed by atoms with E-state index in [4.69, 9.17) is 11.6 Å². The molecule has 27 heavy (non-hydrogen) atoms. The molecular weight excluding hydrogens is 386 g/mol. The maximum absolute atomic E-state index is 12.6. The van der Waals surface area contributed by atoms with Gasteiger partial charge >= 0.3 is 6.03 Å². The van der Waals surface area contributed by atoms with Crippen molar-refractivity contribution in [3.05, 3.63) is 58.6 Å². The minimum absolute atomic E-state index is 0.116. The van der Waals surface area contributed by atoms with Crippen LogP contribution in [0.25, 0.3) is 0 Å². The molecule has 0 atom stereocenters. The van der Waals surface area contributed by atoms with Crippen molar-refractivity contribution in [1.29, 1.82) is 0 Å². The highest BCUT2D eigenvalue weighted by molar-refractivity contribution is 7.89. The van der Waals surface area contributed by atoms with Gasteiger partial charge in [-0.1, -0.05) is 36.7 Å². The number of hydrogen-bond acceptors (Lipinski definition) is 3. The fourth-order valence-corrected chi connectivity index (χ4v) is 4.24. The van der Waals surface area contributed by atoms with Gasteiger partial charge in [0.2, 0.25) is 10.0 Å². The van der Waals surface area contributed by atoms with Crippen molar-refractivity contribution < 1.29 is 13.2 Å². The van der Waals surface area contributed by atoms with E-state index in [-0.39, 0.29) is 17.5 Å². The molecule has 144 valence electrons. The number of rotatable bonds is 6. The molecule has 0 saturated heterocycles. The molecule has 0 aromatic heterocycles. The van der Waals surface area contributed by atoms with Crippen LogP contribution >= 0.6 is 11.6 Å². The van der Waals surface area contributed by atoms with Crippen LogP contribution in [0.2, 0.25) is 5.02 Å². The van der Waals surface area contributed by atoms with Gasteiger partial charge in [0.25, 0.3) is 0 Å². The number of hydrogen-bond donors (Lipinski definition) is 2. The summed E-state index contributed by atoms with van der Waals surface area (Å²) >= 11 is 6.08. The molecule has 0 bridgehead atoms. The van der Waals surface area contributed by atoms with E-state index in [0.29, 0.717) is 30.1 Å². The Morgan fingerprint density at radius 1 is 1.22 bits per heavy atom. The largest absolute Gasteiger partial charge is 0.338 e. The van der Waals surface area contributed by atoms with Gasteiger partial charge in [0.05, 0.1) is 4.90 Å². The van der Waals surface area contributed by atoms with Crippen LogP contribution < -0.4 is 14.9 Å². The Kier molecular flexibility index (Phi) is 6.04. The van der Waals surface area contributed by atoms with Gasteiger partial charge in [-0.05, 0) is 48.2 Å². The Morgan fingerprint density at radius 2 is 2.00 bits per heavy atom. The average Bonchev–Trinajstić information content (AvgIpc) is 3.09. The van der Waals surface area contributed by atoms with E-state index >= 15 is 0 Å². The first-order valence-electron chi connectivity index (χ1n) is 8.83. The highest BCUT2D eigenvalue weighted by Crippen LogP contribution is 2.30. The molecule has 0 spiro atoms. The first kappa shape index (κ1) is 19.7. The predicted molar refractivity (Wildman–Crippen MR) is 107 cm³/mol. The van der Waals surface area contributed by atoms with Gasteiger partial charge in [0.15, 0.2) is 0 Å². The molecular formula is C19H22ClN3O3S. The molecule has 0 fully saturated rings. The molecule has 2 N–H and O–H groups in total. The molecule has 0 radical (unpaired) electrons. The van der Waals surface area contributed by atoms with E-state index in [1.54, 1.807) is 35.2 Å². The molecule has 2 aromatic carbocycles. The van der Waals surface area contributed by atoms with Gasteiger partial charge in [-0.15, -0.1) is 0 Å². The first-order chi connectivity index (χ1) is 12.9. The first-order valence-corrected chi connectivity index (χ1v) is 10.7. The lowest BCUT2D eigenvalue weighted by Crippen LogP contribution is -2.39. The van der Waals surface area contributed by atoms with Crippen molar-refractivity contribution in [1.82, 2.24) is 10.0 Å². The minimum atomic E-state index is -3.68. The van der Waals surface area contributed by atoms with E-state index < -0.39 is 10.0 Å². The van der Waals surface area contributed by atoms with Gasteiger partial charge in [0.1, 0.15) is 0 Å². The predicted octanol–water partition coefficient (Wildman–Crippen LogP) is 3.30. The number of amides is 2. The summed E-state index contributed by atoms with van der Waals surface area (Å²) in [7, 11) is -3.68. The van der Waals surface area contributed by atoms with Crippen LogP contribution in [0, 0.1) is 0 Å². The Bertz CT molecular complexity index is 947.